The SMILES string of the molecule is COc1ccc(OC)c(C2CCCN2C(=O)c2ccc(-n3cc(Br)cn3)cc2)c1. The van der Waals surface area contributed by atoms with Crippen molar-refractivity contribution in [3.8, 4) is 17.2 Å². The maximum Gasteiger partial charge on any atom is 0.254 e. The molecule has 1 aliphatic heterocycles. The molecule has 0 saturated carbocycles. The van der Waals surface area contributed by atoms with Crippen LogP contribution in [0.2, 0.25) is 0 Å². The van der Waals surface area contributed by atoms with E-state index in [1.165, 1.54) is 0 Å². The molecule has 0 N–H and O–H groups in total. The molecular weight excluding hydrogens is 434 g/mol. The Labute approximate surface area is 178 Å². The van der Waals surface area contributed by atoms with Crippen molar-refractivity contribution in [2.24, 2.45) is 0 Å². The number of amides is 1. The lowest BCUT2D eigenvalue weighted by molar-refractivity contribution is 0.0734. The monoisotopic (exact) mass is 455 g/mol. The third-order valence-electron chi connectivity index (χ3n) is 5.24. The summed E-state index contributed by atoms with van der Waals surface area (Å²) in [6.45, 7) is 0.720. The quantitative estimate of drug-likeness (QED) is 0.562. The molecule has 1 atom stereocenters. The summed E-state index contributed by atoms with van der Waals surface area (Å²) < 4.78 is 13.6. The van der Waals surface area contributed by atoms with E-state index in [-0.39, 0.29) is 11.9 Å². The Morgan fingerprint density at radius 2 is 1.93 bits per heavy atom. The van der Waals surface area contributed by atoms with E-state index in [1.807, 2.05) is 53.6 Å². The van der Waals surface area contributed by atoms with Gasteiger partial charge in [0.05, 0.1) is 36.6 Å². The summed E-state index contributed by atoms with van der Waals surface area (Å²) in [5.74, 6) is 1.55. The number of benzene rings is 2. The Kier molecular flexibility index (Phi) is 5.58. The van der Waals surface area contributed by atoms with Crippen molar-refractivity contribution in [2.45, 2.75) is 18.9 Å². The van der Waals surface area contributed by atoms with Crippen molar-refractivity contribution in [3.63, 3.8) is 0 Å². The van der Waals surface area contributed by atoms with Crippen LogP contribution in [-0.2, 0) is 0 Å². The van der Waals surface area contributed by atoms with Gasteiger partial charge in [-0.1, -0.05) is 0 Å². The first-order chi connectivity index (χ1) is 14.1. The first-order valence-corrected chi connectivity index (χ1v) is 10.2. The highest BCUT2D eigenvalue weighted by Gasteiger charge is 2.32. The number of aromatic nitrogens is 2. The summed E-state index contributed by atoms with van der Waals surface area (Å²) in [6.07, 6.45) is 5.46. The van der Waals surface area contributed by atoms with Crippen LogP contribution in [0, 0.1) is 0 Å². The summed E-state index contributed by atoms with van der Waals surface area (Å²) in [7, 11) is 3.29. The lowest BCUT2D eigenvalue weighted by atomic mass is 10.0. The van der Waals surface area contributed by atoms with Gasteiger partial charge in [-0.15, -0.1) is 0 Å². The summed E-state index contributed by atoms with van der Waals surface area (Å²) in [5.41, 5.74) is 2.55. The Morgan fingerprint density at radius 1 is 1.14 bits per heavy atom. The third kappa shape index (κ3) is 3.87. The number of halogens is 1. The molecule has 1 unspecified atom stereocenters. The summed E-state index contributed by atoms with van der Waals surface area (Å²) in [6, 6.07) is 13.2. The first-order valence-electron chi connectivity index (χ1n) is 9.44. The number of likely N-dealkylation sites (tertiary alicyclic amines) is 1. The maximum atomic E-state index is 13.3. The summed E-state index contributed by atoms with van der Waals surface area (Å²) in [5, 5.41) is 4.27. The van der Waals surface area contributed by atoms with Gasteiger partial charge in [-0.3, -0.25) is 4.79 Å². The zero-order valence-electron chi connectivity index (χ0n) is 16.3. The molecule has 3 aromatic rings. The fourth-order valence-corrected chi connectivity index (χ4v) is 4.08. The second-order valence-corrected chi connectivity index (χ2v) is 7.83. The fraction of sp³-hybridized carbons (Fsp3) is 0.273. The minimum absolute atomic E-state index is 0.0190. The summed E-state index contributed by atoms with van der Waals surface area (Å²) >= 11 is 3.40. The molecule has 0 aliphatic carbocycles. The number of hydrogen-bond donors (Lipinski definition) is 0. The van der Waals surface area contributed by atoms with Crippen LogP contribution in [0.4, 0.5) is 0 Å². The molecule has 4 rings (SSSR count). The van der Waals surface area contributed by atoms with E-state index in [9.17, 15) is 4.79 Å². The van der Waals surface area contributed by atoms with Crippen molar-refractivity contribution >= 4 is 21.8 Å². The first kappa shape index (κ1) is 19.5. The molecule has 1 aliphatic rings. The predicted molar refractivity (Wildman–Crippen MR) is 114 cm³/mol. The second-order valence-electron chi connectivity index (χ2n) is 6.91. The van der Waals surface area contributed by atoms with Crippen LogP contribution in [0.5, 0.6) is 11.5 Å². The van der Waals surface area contributed by atoms with E-state index in [1.54, 1.807) is 25.1 Å². The van der Waals surface area contributed by atoms with E-state index < -0.39 is 0 Å². The van der Waals surface area contributed by atoms with Gasteiger partial charge in [0.15, 0.2) is 0 Å². The van der Waals surface area contributed by atoms with Gasteiger partial charge in [-0.2, -0.15) is 5.10 Å². The molecule has 7 heteroatoms. The lowest BCUT2D eigenvalue weighted by Crippen LogP contribution is -2.30. The average molecular weight is 456 g/mol. The van der Waals surface area contributed by atoms with Crippen molar-refractivity contribution in [3.05, 3.63) is 70.5 Å². The number of nitrogens with zero attached hydrogens (tertiary/aromatic N) is 3. The highest BCUT2D eigenvalue weighted by molar-refractivity contribution is 9.10. The zero-order chi connectivity index (χ0) is 20.4. The molecule has 1 aromatic heterocycles. The molecule has 2 heterocycles. The van der Waals surface area contributed by atoms with Gasteiger partial charge in [0.25, 0.3) is 5.91 Å². The molecule has 0 bridgehead atoms. The van der Waals surface area contributed by atoms with Gasteiger partial charge in [0.1, 0.15) is 11.5 Å². The molecule has 150 valence electrons. The third-order valence-corrected chi connectivity index (χ3v) is 5.65. The van der Waals surface area contributed by atoms with Gasteiger partial charge in [0, 0.05) is 23.9 Å². The van der Waals surface area contributed by atoms with Crippen LogP contribution in [0.1, 0.15) is 34.8 Å². The zero-order valence-corrected chi connectivity index (χ0v) is 17.9. The molecule has 1 fully saturated rings. The van der Waals surface area contributed by atoms with Crippen LogP contribution in [-0.4, -0.2) is 41.4 Å². The molecule has 6 nitrogen and oxygen atoms in total. The number of hydrogen-bond acceptors (Lipinski definition) is 4. The second kappa shape index (κ2) is 8.29. The van der Waals surface area contributed by atoms with Gasteiger partial charge in [-0.05, 0) is 71.2 Å². The van der Waals surface area contributed by atoms with Gasteiger partial charge in [-0.25, -0.2) is 4.68 Å². The van der Waals surface area contributed by atoms with E-state index in [0.29, 0.717) is 5.56 Å². The molecule has 29 heavy (non-hydrogen) atoms. The van der Waals surface area contributed by atoms with E-state index in [4.69, 9.17) is 9.47 Å². The van der Waals surface area contributed by atoms with E-state index in [2.05, 4.69) is 21.0 Å². The fourth-order valence-electron chi connectivity index (χ4n) is 3.80. The van der Waals surface area contributed by atoms with Crippen LogP contribution < -0.4 is 9.47 Å². The van der Waals surface area contributed by atoms with Crippen LogP contribution in [0.25, 0.3) is 5.69 Å². The van der Waals surface area contributed by atoms with Crippen molar-refractivity contribution < 1.29 is 14.3 Å². The Bertz CT molecular complexity index is 1020. The topological polar surface area (TPSA) is 56.6 Å². The maximum absolute atomic E-state index is 13.3. The molecule has 1 amide bonds. The Hall–Kier alpha value is -2.80. The minimum Gasteiger partial charge on any atom is -0.497 e. The van der Waals surface area contributed by atoms with Gasteiger partial charge < -0.3 is 14.4 Å². The van der Waals surface area contributed by atoms with E-state index in [0.717, 1.165) is 46.6 Å². The van der Waals surface area contributed by atoms with Crippen LogP contribution >= 0.6 is 15.9 Å². The number of ether oxygens (including phenoxy) is 2. The lowest BCUT2D eigenvalue weighted by Gasteiger charge is -2.27. The van der Waals surface area contributed by atoms with Gasteiger partial charge in [0.2, 0.25) is 0 Å². The highest BCUT2D eigenvalue weighted by Crippen LogP contribution is 2.39. The molecular formula is C22H22BrN3O3. The minimum atomic E-state index is -0.0331. The standard InChI is InChI=1S/C22H22BrN3O3/c1-28-18-9-10-21(29-2)19(12-18)20-4-3-11-25(20)22(27)15-5-7-17(8-6-15)26-14-16(23)13-24-26/h5-10,12-14,20H,3-4,11H2,1-2H3. The number of methoxy groups -OCH3 is 2. The Balaban J connectivity index is 1.60. The van der Waals surface area contributed by atoms with Crippen molar-refractivity contribution in [1.29, 1.82) is 0 Å². The average Bonchev–Trinajstić information content (AvgIpc) is 3.42. The number of carbonyl (C=O) groups is 1. The molecule has 0 spiro atoms. The predicted octanol–water partition coefficient (Wildman–Crippen LogP) is 4.63. The smallest absolute Gasteiger partial charge is 0.254 e. The summed E-state index contributed by atoms with van der Waals surface area (Å²) in [4.78, 5) is 15.2. The number of carbonyl (C=O) groups excluding carboxylic acids is 1. The van der Waals surface area contributed by atoms with Crippen LogP contribution in [0.3, 0.4) is 0 Å². The van der Waals surface area contributed by atoms with Gasteiger partial charge >= 0.3 is 0 Å². The highest BCUT2D eigenvalue weighted by atomic mass is 79.9. The number of rotatable bonds is 5. The normalized spacial score (nSPS) is 16.1. The van der Waals surface area contributed by atoms with Crippen LogP contribution in [0.15, 0.2) is 59.3 Å². The molecule has 1 saturated heterocycles. The van der Waals surface area contributed by atoms with Crippen molar-refractivity contribution in [2.75, 3.05) is 20.8 Å². The van der Waals surface area contributed by atoms with Crippen molar-refractivity contribution in [1.82, 2.24) is 14.7 Å². The van der Waals surface area contributed by atoms with E-state index >= 15 is 0 Å². The largest absolute Gasteiger partial charge is 0.497 e. The Morgan fingerprint density at radius 3 is 2.59 bits per heavy atom. The molecule has 2 aromatic carbocycles. The molecule has 0 radical (unpaired) electrons.